The quantitative estimate of drug-likeness (QED) is 0.825. The molecule has 7 heteroatoms. The van der Waals surface area contributed by atoms with Crippen molar-refractivity contribution in [3.8, 4) is 0 Å². The molecule has 0 radical (unpaired) electrons. The molecule has 0 aliphatic carbocycles. The topological polar surface area (TPSA) is 41.6 Å². The third-order valence-corrected chi connectivity index (χ3v) is 3.04. The highest BCUT2D eigenvalue weighted by Crippen LogP contribution is 2.22. The number of nitrogens with one attached hydrogen (secondary N) is 1. The molecule has 1 saturated heterocycles. The molecule has 2 unspecified atom stereocenters. The Morgan fingerprint density at radius 2 is 2.05 bits per heavy atom. The molecule has 1 fully saturated rings. The van der Waals surface area contributed by atoms with Crippen molar-refractivity contribution in [2.75, 3.05) is 33.4 Å². The summed E-state index contributed by atoms with van der Waals surface area (Å²) in [5.41, 5.74) is 0. The lowest BCUT2D eigenvalue weighted by Gasteiger charge is -2.29. The van der Waals surface area contributed by atoms with Crippen molar-refractivity contribution < 1.29 is 22.7 Å². The van der Waals surface area contributed by atoms with E-state index in [1.807, 2.05) is 0 Å². The molecule has 112 valence electrons. The van der Waals surface area contributed by atoms with Crippen molar-refractivity contribution in [3.63, 3.8) is 0 Å². The second-order valence-electron chi connectivity index (χ2n) is 5.27. The number of amides is 1. The number of hydrogen-bond donors (Lipinski definition) is 1. The van der Waals surface area contributed by atoms with E-state index in [2.05, 4.69) is 5.32 Å². The summed E-state index contributed by atoms with van der Waals surface area (Å²) in [5, 5.41) is 2.91. The Hall–Kier alpha value is -0.820. The summed E-state index contributed by atoms with van der Waals surface area (Å²) in [6.07, 6.45) is -4.38. The summed E-state index contributed by atoms with van der Waals surface area (Å²) in [4.78, 5) is 13.1. The summed E-state index contributed by atoms with van der Waals surface area (Å²) in [6.45, 7) is 3.02. The van der Waals surface area contributed by atoms with E-state index < -0.39 is 24.5 Å². The third-order valence-electron chi connectivity index (χ3n) is 3.04. The number of halogens is 3. The van der Waals surface area contributed by atoms with Crippen LogP contribution in [0.1, 0.15) is 13.8 Å². The van der Waals surface area contributed by atoms with Crippen LogP contribution in [0.3, 0.4) is 0 Å². The molecule has 1 heterocycles. The fraction of sp³-hybridized carbons (Fsp3) is 0.917. The monoisotopic (exact) mass is 282 g/mol. The number of ether oxygens (including phenoxy) is 1. The van der Waals surface area contributed by atoms with E-state index in [0.717, 1.165) is 4.90 Å². The molecule has 1 aliphatic heterocycles. The van der Waals surface area contributed by atoms with Gasteiger partial charge in [-0.25, -0.2) is 0 Å². The average Bonchev–Trinajstić information content (AvgIpc) is 2.72. The smallest absolute Gasteiger partial charge is 0.379 e. The van der Waals surface area contributed by atoms with Gasteiger partial charge in [-0.15, -0.1) is 0 Å². The molecule has 1 aliphatic rings. The Morgan fingerprint density at radius 1 is 1.42 bits per heavy atom. The van der Waals surface area contributed by atoms with Gasteiger partial charge in [0.25, 0.3) is 0 Å². The van der Waals surface area contributed by atoms with Gasteiger partial charge in [-0.3, -0.25) is 4.79 Å². The highest BCUT2D eigenvalue weighted by atomic mass is 19.4. The molecule has 0 saturated carbocycles. The number of likely N-dealkylation sites (N-methyl/N-ethyl adjacent to an activating group) is 1. The summed E-state index contributed by atoms with van der Waals surface area (Å²) in [6, 6.07) is -0.213. The van der Waals surface area contributed by atoms with Gasteiger partial charge in [0.05, 0.1) is 19.1 Å². The Labute approximate surface area is 111 Å². The second kappa shape index (κ2) is 6.56. The zero-order chi connectivity index (χ0) is 14.6. The minimum absolute atomic E-state index is 0.0124. The highest BCUT2D eigenvalue weighted by Gasteiger charge is 2.40. The van der Waals surface area contributed by atoms with Crippen LogP contribution in [0.25, 0.3) is 0 Å². The molecular formula is C12H21F3N2O2. The number of hydrogen-bond acceptors (Lipinski definition) is 3. The second-order valence-corrected chi connectivity index (χ2v) is 5.27. The molecule has 0 aromatic carbocycles. The van der Waals surface area contributed by atoms with Crippen LogP contribution in [0.2, 0.25) is 0 Å². The van der Waals surface area contributed by atoms with Crippen LogP contribution in [0, 0.1) is 11.8 Å². The van der Waals surface area contributed by atoms with Gasteiger partial charge >= 0.3 is 6.18 Å². The molecule has 1 amide bonds. The first-order valence-corrected chi connectivity index (χ1v) is 6.35. The van der Waals surface area contributed by atoms with Crippen LogP contribution in [-0.4, -0.2) is 56.4 Å². The van der Waals surface area contributed by atoms with Gasteiger partial charge in [0.15, 0.2) is 0 Å². The largest absolute Gasteiger partial charge is 0.406 e. The molecule has 19 heavy (non-hydrogen) atoms. The third kappa shape index (κ3) is 4.99. The maximum Gasteiger partial charge on any atom is 0.406 e. The van der Waals surface area contributed by atoms with E-state index in [1.165, 1.54) is 0 Å². The summed E-state index contributed by atoms with van der Waals surface area (Å²) < 4.78 is 42.8. The lowest BCUT2D eigenvalue weighted by Crippen LogP contribution is -2.48. The maximum atomic E-state index is 12.5. The normalized spacial score (nSPS) is 23.9. The average molecular weight is 282 g/mol. The van der Waals surface area contributed by atoms with Crippen molar-refractivity contribution in [3.05, 3.63) is 0 Å². The predicted molar refractivity (Wildman–Crippen MR) is 64.6 cm³/mol. The van der Waals surface area contributed by atoms with Crippen molar-refractivity contribution in [1.82, 2.24) is 10.2 Å². The molecule has 0 aromatic heterocycles. The Balaban J connectivity index is 2.75. The van der Waals surface area contributed by atoms with Crippen LogP contribution in [0.15, 0.2) is 0 Å². The number of nitrogens with zero attached hydrogens (tertiary/aromatic N) is 1. The Bertz CT molecular complexity index is 308. The summed E-state index contributed by atoms with van der Waals surface area (Å²) in [5.74, 6) is -1.03. The Kier molecular flexibility index (Phi) is 5.61. The standard InChI is InChI=1S/C12H21F3N2O2/c1-8(2)4-17(7-12(13,14)15)11(18)9-5-19-6-10(9)16-3/h8-10,16H,4-7H2,1-3H3. The van der Waals surface area contributed by atoms with E-state index >= 15 is 0 Å². The van der Waals surface area contributed by atoms with E-state index in [9.17, 15) is 18.0 Å². The van der Waals surface area contributed by atoms with Gasteiger partial charge in [-0.2, -0.15) is 13.2 Å². The lowest BCUT2D eigenvalue weighted by atomic mass is 10.0. The summed E-state index contributed by atoms with van der Waals surface area (Å²) >= 11 is 0. The van der Waals surface area contributed by atoms with E-state index in [-0.39, 0.29) is 25.1 Å². The van der Waals surface area contributed by atoms with Crippen LogP contribution < -0.4 is 5.32 Å². The van der Waals surface area contributed by atoms with Gasteiger partial charge in [0.2, 0.25) is 5.91 Å². The SMILES string of the molecule is CNC1COCC1C(=O)N(CC(C)C)CC(F)(F)F. The van der Waals surface area contributed by atoms with Crippen LogP contribution in [-0.2, 0) is 9.53 Å². The molecule has 4 nitrogen and oxygen atoms in total. The molecule has 0 spiro atoms. The fourth-order valence-corrected chi connectivity index (χ4v) is 2.21. The first kappa shape index (κ1) is 16.2. The van der Waals surface area contributed by atoms with Crippen molar-refractivity contribution in [2.24, 2.45) is 11.8 Å². The van der Waals surface area contributed by atoms with E-state index in [0.29, 0.717) is 6.61 Å². The van der Waals surface area contributed by atoms with Crippen molar-refractivity contribution in [1.29, 1.82) is 0 Å². The molecule has 2 atom stereocenters. The number of rotatable bonds is 5. The van der Waals surface area contributed by atoms with E-state index in [1.54, 1.807) is 20.9 Å². The number of alkyl halides is 3. The van der Waals surface area contributed by atoms with Gasteiger partial charge in [-0.05, 0) is 13.0 Å². The molecule has 0 aromatic rings. The molecule has 0 bridgehead atoms. The molecule has 1 rings (SSSR count). The minimum atomic E-state index is -4.38. The lowest BCUT2D eigenvalue weighted by molar-refractivity contribution is -0.165. The van der Waals surface area contributed by atoms with Gasteiger partial charge in [0, 0.05) is 12.6 Å². The van der Waals surface area contributed by atoms with Crippen LogP contribution in [0.5, 0.6) is 0 Å². The molecule has 1 N–H and O–H groups in total. The van der Waals surface area contributed by atoms with Crippen LogP contribution >= 0.6 is 0 Å². The highest BCUT2D eigenvalue weighted by molar-refractivity contribution is 5.80. The van der Waals surface area contributed by atoms with E-state index in [4.69, 9.17) is 4.74 Å². The Morgan fingerprint density at radius 3 is 2.53 bits per heavy atom. The predicted octanol–water partition coefficient (Wildman–Crippen LogP) is 1.27. The first-order chi connectivity index (χ1) is 8.74. The van der Waals surface area contributed by atoms with Crippen molar-refractivity contribution in [2.45, 2.75) is 26.1 Å². The molecular weight excluding hydrogens is 261 g/mol. The number of carbonyl (C=O) groups excluding carboxylic acids is 1. The van der Waals surface area contributed by atoms with Crippen molar-refractivity contribution >= 4 is 5.91 Å². The first-order valence-electron chi connectivity index (χ1n) is 6.35. The van der Waals surface area contributed by atoms with Crippen LogP contribution in [0.4, 0.5) is 13.2 Å². The minimum Gasteiger partial charge on any atom is -0.379 e. The summed E-state index contributed by atoms with van der Waals surface area (Å²) in [7, 11) is 1.68. The number of carbonyl (C=O) groups is 1. The van der Waals surface area contributed by atoms with Gasteiger partial charge < -0.3 is 15.0 Å². The van der Waals surface area contributed by atoms with Gasteiger partial charge in [-0.1, -0.05) is 13.8 Å². The zero-order valence-corrected chi connectivity index (χ0v) is 11.5. The zero-order valence-electron chi connectivity index (χ0n) is 11.5. The fourth-order valence-electron chi connectivity index (χ4n) is 2.21. The maximum absolute atomic E-state index is 12.5. The van der Waals surface area contributed by atoms with Gasteiger partial charge in [0.1, 0.15) is 6.54 Å².